The number of nitrogen functional groups attached to an aromatic ring is 1. The fraction of sp³-hybridized carbons (Fsp3) is 0.278. The molecule has 3 rings (SSSR count). The molecule has 0 unspecified atom stereocenters. The first kappa shape index (κ1) is 15.2. The second kappa shape index (κ2) is 6.20. The highest BCUT2D eigenvalue weighted by atomic mass is 16.5. The van der Waals surface area contributed by atoms with Gasteiger partial charge in [-0.25, -0.2) is 0 Å². The van der Waals surface area contributed by atoms with Crippen LogP contribution < -0.4 is 15.2 Å². The highest BCUT2D eigenvalue weighted by molar-refractivity contribution is 5.95. The third-order valence-corrected chi connectivity index (χ3v) is 4.13. The SMILES string of the molecule is COc1cc(OC)cc(C(=O)N2CCc3ccc(N)cc3C2)c1. The molecule has 0 fully saturated rings. The third kappa shape index (κ3) is 3.08. The molecule has 2 aromatic carbocycles. The Bertz CT molecular complexity index is 721. The molecular formula is C18H20N2O3. The van der Waals surface area contributed by atoms with Gasteiger partial charge in [-0.05, 0) is 41.8 Å². The van der Waals surface area contributed by atoms with E-state index in [2.05, 4.69) is 0 Å². The van der Waals surface area contributed by atoms with Crippen molar-refractivity contribution in [2.45, 2.75) is 13.0 Å². The molecule has 1 heterocycles. The van der Waals surface area contributed by atoms with Crippen LogP contribution >= 0.6 is 0 Å². The number of methoxy groups -OCH3 is 2. The molecule has 5 nitrogen and oxygen atoms in total. The number of fused-ring (bicyclic) bond motifs is 1. The van der Waals surface area contributed by atoms with Gasteiger partial charge in [-0.15, -0.1) is 0 Å². The Morgan fingerprint density at radius 2 is 1.74 bits per heavy atom. The minimum atomic E-state index is -0.0322. The van der Waals surface area contributed by atoms with Crippen molar-refractivity contribution in [3.05, 3.63) is 53.1 Å². The molecule has 2 N–H and O–H groups in total. The topological polar surface area (TPSA) is 64.8 Å². The lowest BCUT2D eigenvalue weighted by Gasteiger charge is -2.29. The summed E-state index contributed by atoms with van der Waals surface area (Å²) in [6.45, 7) is 1.26. The second-order valence-corrected chi connectivity index (χ2v) is 5.61. The minimum absolute atomic E-state index is 0.0322. The number of anilines is 1. The molecule has 0 bridgehead atoms. The number of carbonyl (C=O) groups is 1. The minimum Gasteiger partial charge on any atom is -0.497 e. The third-order valence-electron chi connectivity index (χ3n) is 4.13. The molecule has 0 aromatic heterocycles. The van der Waals surface area contributed by atoms with Crippen molar-refractivity contribution in [2.24, 2.45) is 0 Å². The quantitative estimate of drug-likeness (QED) is 0.884. The fourth-order valence-electron chi connectivity index (χ4n) is 2.86. The zero-order valence-electron chi connectivity index (χ0n) is 13.3. The number of nitrogens with two attached hydrogens (primary N) is 1. The molecule has 0 radical (unpaired) electrons. The molecule has 0 aliphatic carbocycles. The van der Waals surface area contributed by atoms with Gasteiger partial charge in [-0.2, -0.15) is 0 Å². The van der Waals surface area contributed by atoms with Crippen molar-refractivity contribution in [1.29, 1.82) is 0 Å². The zero-order valence-corrected chi connectivity index (χ0v) is 13.3. The van der Waals surface area contributed by atoms with Crippen molar-refractivity contribution >= 4 is 11.6 Å². The molecule has 2 aromatic rings. The van der Waals surface area contributed by atoms with Gasteiger partial charge < -0.3 is 20.1 Å². The highest BCUT2D eigenvalue weighted by Gasteiger charge is 2.22. The van der Waals surface area contributed by atoms with Crippen molar-refractivity contribution in [1.82, 2.24) is 4.90 Å². The number of amides is 1. The van der Waals surface area contributed by atoms with Crippen LogP contribution in [0.5, 0.6) is 11.5 Å². The lowest BCUT2D eigenvalue weighted by Crippen LogP contribution is -2.36. The number of nitrogens with zero attached hydrogens (tertiary/aromatic N) is 1. The predicted molar refractivity (Wildman–Crippen MR) is 88.8 cm³/mol. The molecule has 0 spiro atoms. The number of benzene rings is 2. The smallest absolute Gasteiger partial charge is 0.254 e. The number of rotatable bonds is 3. The molecule has 0 saturated heterocycles. The molecule has 23 heavy (non-hydrogen) atoms. The van der Waals surface area contributed by atoms with Crippen LogP contribution in [0.2, 0.25) is 0 Å². The van der Waals surface area contributed by atoms with E-state index in [-0.39, 0.29) is 5.91 Å². The molecule has 0 atom stereocenters. The van der Waals surface area contributed by atoms with Gasteiger partial charge in [0.25, 0.3) is 5.91 Å². The molecular weight excluding hydrogens is 292 g/mol. The zero-order chi connectivity index (χ0) is 16.4. The van der Waals surface area contributed by atoms with E-state index in [4.69, 9.17) is 15.2 Å². The molecule has 5 heteroatoms. The average Bonchev–Trinajstić information content (AvgIpc) is 2.59. The maximum Gasteiger partial charge on any atom is 0.254 e. The Kier molecular flexibility index (Phi) is 4.10. The van der Waals surface area contributed by atoms with Gasteiger partial charge in [0.1, 0.15) is 11.5 Å². The van der Waals surface area contributed by atoms with Crippen molar-refractivity contribution < 1.29 is 14.3 Å². The van der Waals surface area contributed by atoms with Crippen LogP contribution in [0.25, 0.3) is 0 Å². The van der Waals surface area contributed by atoms with E-state index in [1.807, 2.05) is 23.1 Å². The first-order chi connectivity index (χ1) is 11.1. The summed E-state index contributed by atoms with van der Waals surface area (Å²) >= 11 is 0. The van der Waals surface area contributed by atoms with Crippen LogP contribution in [-0.4, -0.2) is 31.6 Å². The average molecular weight is 312 g/mol. The summed E-state index contributed by atoms with van der Waals surface area (Å²) in [6, 6.07) is 11.1. The fourth-order valence-corrected chi connectivity index (χ4v) is 2.86. The van der Waals surface area contributed by atoms with Gasteiger partial charge in [0.2, 0.25) is 0 Å². The van der Waals surface area contributed by atoms with E-state index in [1.165, 1.54) is 5.56 Å². The van der Waals surface area contributed by atoms with Crippen LogP contribution in [0.15, 0.2) is 36.4 Å². The van der Waals surface area contributed by atoms with Gasteiger partial charge in [0.05, 0.1) is 14.2 Å². The Morgan fingerprint density at radius 3 is 2.39 bits per heavy atom. The van der Waals surface area contributed by atoms with Gasteiger partial charge in [-0.1, -0.05) is 6.07 Å². The summed E-state index contributed by atoms with van der Waals surface area (Å²) in [4.78, 5) is 14.6. The second-order valence-electron chi connectivity index (χ2n) is 5.61. The van der Waals surface area contributed by atoms with E-state index in [0.29, 0.717) is 30.2 Å². The van der Waals surface area contributed by atoms with Crippen molar-refractivity contribution in [3.8, 4) is 11.5 Å². The van der Waals surface area contributed by atoms with Crippen molar-refractivity contribution in [2.75, 3.05) is 26.5 Å². The standard InChI is InChI=1S/C18H20N2O3/c1-22-16-8-13(9-17(10-16)23-2)18(21)20-6-5-12-3-4-15(19)7-14(12)11-20/h3-4,7-10H,5-6,11,19H2,1-2H3. The molecule has 0 saturated carbocycles. The summed E-state index contributed by atoms with van der Waals surface area (Å²) in [7, 11) is 3.14. The lowest BCUT2D eigenvalue weighted by molar-refractivity contribution is 0.0734. The predicted octanol–water partition coefficient (Wildman–Crippen LogP) is 2.48. The highest BCUT2D eigenvalue weighted by Crippen LogP contribution is 2.26. The monoisotopic (exact) mass is 312 g/mol. The molecule has 1 amide bonds. The Labute approximate surface area is 135 Å². The lowest BCUT2D eigenvalue weighted by atomic mass is 9.98. The van der Waals surface area contributed by atoms with Crippen LogP contribution in [0.4, 0.5) is 5.69 Å². The van der Waals surface area contributed by atoms with Gasteiger partial charge in [0, 0.05) is 30.4 Å². The molecule has 1 aliphatic heterocycles. The molecule has 120 valence electrons. The van der Waals surface area contributed by atoms with E-state index in [9.17, 15) is 4.79 Å². The maximum absolute atomic E-state index is 12.8. The van der Waals surface area contributed by atoms with Crippen molar-refractivity contribution in [3.63, 3.8) is 0 Å². The maximum atomic E-state index is 12.8. The molecule has 1 aliphatic rings. The summed E-state index contributed by atoms with van der Waals surface area (Å²) in [6.07, 6.45) is 0.836. The van der Waals surface area contributed by atoms with E-state index < -0.39 is 0 Å². The van der Waals surface area contributed by atoms with Gasteiger partial charge in [-0.3, -0.25) is 4.79 Å². The normalized spacial score (nSPS) is 13.4. The first-order valence-corrected chi connectivity index (χ1v) is 7.50. The largest absolute Gasteiger partial charge is 0.497 e. The van der Waals surface area contributed by atoms with Crippen LogP contribution in [0.1, 0.15) is 21.5 Å². The number of carbonyl (C=O) groups excluding carboxylic acids is 1. The number of hydrogen-bond donors (Lipinski definition) is 1. The van der Waals surface area contributed by atoms with E-state index in [0.717, 1.165) is 17.7 Å². The van der Waals surface area contributed by atoms with Crippen LogP contribution in [0, 0.1) is 0 Å². The summed E-state index contributed by atoms with van der Waals surface area (Å²) in [5.41, 5.74) is 9.51. The summed E-state index contributed by atoms with van der Waals surface area (Å²) in [5, 5.41) is 0. The number of hydrogen-bond acceptors (Lipinski definition) is 4. The van der Waals surface area contributed by atoms with Crippen LogP contribution in [-0.2, 0) is 13.0 Å². The summed E-state index contributed by atoms with van der Waals surface area (Å²) in [5.74, 6) is 1.18. The van der Waals surface area contributed by atoms with E-state index >= 15 is 0 Å². The Balaban J connectivity index is 1.87. The van der Waals surface area contributed by atoms with Gasteiger partial charge >= 0.3 is 0 Å². The Morgan fingerprint density at radius 1 is 1.04 bits per heavy atom. The summed E-state index contributed by atoms with van der Waals surface area (Å²) < 4.78 is 10.5. The first-order valence-electron chi connectivity index (χ1n) is 7.50. The van der Waals surface area contributed by atoms with E-state index in [1.54, 1.807) is 32.4 Å². The number of ether oxygens (including phenoxy) is 2. The van der Waals surface area contributed by atoms with Gasteiger partial charge in [0.15, 0.2) is 0 Å². The van der Waals surface area contributed by atoms with Crippen LogP contribution in [0.3, 0.4) is 0 Å². The Hall–Kier alpha value is -2.69.